The van der Waals surface area contributed by atoms with Crippen molar-refractivity contribution in [2.75, 3.05) is 6.61 Å². The molecule has 1 aliphatic carbocycles. The molecule has 4 heteroatoms. The number of rotatable bonds is 1. The molecule has 2 unspecified atom stereocenters. The third-order valence-corrected chi connectivity index (χ3v) is 4.98. The number of aryl methyl sites for hydroxylation is 1. The van der Waals surface area contributed by atoms with E-state index in [-0.39, 0.29) is 17.8 Å². The highest BCUT2D eigenvalue weighted by Gasteiger charge is 2.64. The number of phenols is 1. The van der Waals surface area contributed by atoms with Crippen molar-refractivity contribution in [3.8, 4) is 11.5 Å². The molecule has 0 spiro atoms. The Balaban J connectivity index is 2.29. The molecule has 1 saturated carbocycles. The topological polar surface area (TPSA) is 69.9 Å². The van der Waals surface area contributed by atoms with Crippen molar-refractivity contribution in [2.45, 2.75) is 44.8 Å². The molecular formula is C15H20O4. The molecule has 3 N–H and O–H groups in total. The second-order valence-corrected chi connectivity index (χ2v) is 6.66. The van der Waals surface area contributed by atoms with Gasteiger partial charge in [0, 0.05) is 23.8 Å². The predicted molar refractivity (Wildman–Crippen MR) is 70.2 cm³/mol. The number of ether oxygens (including phenoxy) is 1. The molecule has 2 bridgehead atoms. The fraction of sp³-hybridized carbons (Fsp3) is 0.600. The zero-order valence-corrected chi connectivity index (χ0v) is 11.5. The number of aliphatic hydroxyl groups excluding tert-OH is 1. The van der Waals surface area contributed by atoms with E-state index in [4.69, 9.17) is 4.74 Å². The third kappa shape index (κ3) is 1.47. The standard InChI is InChI=1S/C15H20O4/c1-9-4-12-10(5-11(9)17)14(8-16)7-15(18,19-12)6-13(14,2)3/h4-5,16-18H,6-8H2,1-3H3. The van der Waals surface area contributed by atoms with Gasteiger partial charge < -0.3 is 20.1 Å². The van der Waals surface area contributed by atoms with Crippen LogP contribution in [-0.2, 0) is 5.41 Å². The first-order chi connectivity index (χ1) is 8.73. The lowest BCUT2D eigenvalue weighted by atomic mass is 9.64. The van der Waals surface area contributed by atoms with Gasteiger partial charge in [-0.15, -0.1) is 0 Å². The van der Waals surface area contributed by atoms with E-state index in [1.165, 1.54) is 0 Å². The summed E-state index contributed by atoms with van der Waals surface area (Å²) in [6.45, 7) is 5.77. The first-order valence-corrected chi connectivity index (χ1v) is 6.59. The Morgan fingerprint density at radius 2 is 1.95 bits per heavy atom. The van der Waals surface area contributed by atoms with E-state index in [2.05, 4.69) is 0 Å². The van der Waals surface area contributed by atoms with Crippen LogP contribution in [0.5, 0.6) is 11.5 Å². The van der Waals surface area contributed by atoms with E-state index in [9.17, 15) is 15.3 Å². The van der Waals surface area contributed by atoms with E-state index in [0.717, 1.165) is 5.56 Å². The highest BCUT2D eigenvalue weighted by Crippen LogP contribution is 2.63. The lowest BCUT2D eigenvalue weighted by molar-refractivity contribution is -0.144. The summed E-state index contributed by atoms with van der Waals surface area (Å²) >= 11 is 0. The Labute approximate surface area is 112 Å². The van der Waals surface area contributed by atoms with Crippen LogP contribution in [0, 0.1) is 12.3 Å². The molecule has 0 radical (unpaired) electrons. The Kier molecular flexibility index (Phi) is 2.31. The van der Waals surface area contributed by atoms with E-state index in [0.29, 0.717) is 24.2 Å². The van der Waals surface area contributed by atoms with Crippen LogP contribution in [0.4, 0.5) is 0 Å². The Hall–Kier alpha value is -1.26. The number of hydrogen-bond acceptors (Lipinski definition) is 4. The number of hydrogen-bond donors (Lipinski definition) is 3. The van der Waals surface area contributed by atoms with Crippen molar-refractivity contribution in [3.63, 3.8) is 0 Å². The molecule has 4 nitrogen and oxygen atoms in total. The van der Waals surface area contributed by atoms with Gasteiger partial charge in [-0.3, -0.25) is 0 Å². The average molecular weight is 264 g/mol. The van der Waals surface area contributed by atoms with Gasteiger partial charge >= 0.3 is 0 Å². The summed E-state index contributed by atoms with van der Waals surface area (Å²) in [4.78, 5) is 0. The SMILES string of the molecule is Cc1cc2c(cc1O)C1(CO)CC(O)(CC1(C)C)O2. The highest BCUT2D eigenvalue weighted by atomic mass is 16.6. The quantitative estimate of drug-likeness (QED) is 0.724. The molecule has 1 aromatic rings. The fourth-order valence-corrected chi connectivity index (χ4v) is 3.85. The third-order valence-electron chi connectivity index (χ3n) is 4.98. The maximum absolute atomic E-state index is 10.6. The number of fused-ring (bicyclic) bond motifs is 4. The van der Waals surface area contributed by atoms with E-state index < -0.39 is 11.2 Å². The molecule has 19 heavy (non-hydrogen) atoms. The molecule has 0 aromatic heterocycles. The van der Waals surface area contributed by atoms with Crippen molar-refractivity contribution in [3.05, 3.63) is 23.3 Å². The molecule has 2 aliphatic rings. The van der Waals surface area contributed by atoms with Crippen LogP contribution in [0.1, 0.15) is 37.8 Å². The minimum Gasteiger partial charge on any atom is -0.508 e. The van der Waals surface area contributed by atoms with Crippen molar-refractivity contribution in [1.29, 1.82) is 0 Å². The minimum atomic E-state index is -1.22. The molecule has 104 valence electrons. The van der Waals surface area contributed by atoms with E-state index in [1.54, 1.807) is 19.1 Å². The van der Waals surface area contributed by atoms with Crippen LogP contribution in [0.25, 0.3) is 0 Å². The molecule has 3 rings (SSSR count). The number of phenolic OH excluding ortho intramolecular Hbond substituents is 1. The lowest BCUT2D eigenvalue weighted by Crippen LogP contribution is -2.45. The minimum absolute atomic E-state index is 0.0683. The van der Waals surface area contributed by atoms with Gasteiger partial charge in [0.1, 0.15) is 11.5 Å². The van der Waals surface area contributed by atoms with Crippen LogP contribution >= 0.6 is 0 Å². The number of benzene rings is 1. The molecule has 1 aromatic carbocycles. The van der Waals surface area contributed by atoms with Gasteiger partial charge in [-0.05, 0) is 30.0 Å². The van der Waals surface area contributed by atoms with Gasteiger partial charge in [-0.2, -0.15) is 0 Å². The average Bonchev–Trinajstić information content (AvgIpc) is 2.46. The lowest BCUT2D eigenvalue weighted by Gasteiger charge is -2.42. The maximum atomic E-state index is 10.6. The van der Waals surface area contributed by atoms with Crippen LogP contribution < -0.4 is 4.74 Å². The fourth-order valence-electron chi connectivity index (χ4n) is 3.85. The zero-order chi connectivity index (χ0) is 14.1. The summed E-state index contributed by atoms with van der Waals surface area (Å²) in [5.41, 5.74) is 0.629. The van der Waals surface area contributed by atoms with Crippen LogP contribution in [0.3, 0.4) is 0 Å². The van der Waals surface area contributed by atoms with Gasteiger partial charge in [-0.25, -0.2) is 0 Å². The summed E-state index contributed by atoms with van der Waals surface area (Å²) in [5.74, 6) is -0.449. The maximum Gasteiger partial charge on any atom is 0.209 e. The summed E-state index contributed by atoms with van der Waals surface area (Å²) in [6, 6.07) is 3.41. The summed E-state index contributed by atoms with van der Waals surface area (Å²) < 4.78 is 5.74. The zero-order valence-electron chi connectivity index (χ0n) is 11.5. The molecular weight excluding hydrogens is 244 g/mol. The molecule has 1 aliphatic heterocycles. The highest BCUT2D eigenvalue weighted by molar-refractivity contribution is 5.53. The molecule has 0 saturated heterocycles. The first kappa shape index (κ1) is 12.8. The summed E-state index contributed by atoms with van der Waals surface area (Å²) in [5, 5.41) is 30.5. The van der Waals surface area contributed by atoms with Crippen molar-refractivity contribution < 1.29 is 20.1 Å². The molecule has 1 heterocycles. The summed E-state index contributed by atoms with van der Waals surface area (Å²) in [7, 11) is 0. The van der Waals surface area contributed by atoms with Crippen LogP contribution in [0.15, 0.2) is 12.1 Å². The monoisotopic (exact) mass is 264 g/mol. The van der Waals surface area contributed by atoms with Crippen molar-refractivity contribution in [1.82, 2.24) is 0 Å². The van der Waals surface area contributed by atoms with Gasteiger partial charge in [-0.1, -0.05) is 13.8 Å². The first-order valence-electron chi connectivity index (χ1n) is 6.59. The Bertz CT molecular complexity index is 551. The normalized spacial score (nSPS) is 34.8. The van der Waals surface area contributed by atoms with Gasteiger partial charge in [0.25, 0.3) is 0 Å². The number of aliphatic hydroxyl groups is 2. The van der Waals surface area contributed by atoms with Crippen LogP contribution in [-0.4, -0.2) is 27.7 Å². The Morgan fingerprint density at radius 3 is 2.58 bits per heavy atom. The Morgan fingerprint density at radius 1 is 1.26 bits per heavy atom. The predicted octanol–water partition coefficient (Wildman–Crippen LogP) is 1.83. The number of aromatic hydroxyl groups is 1. The van der Waals surface area contributed by atoms with Gasteiger partial charge in [0.2, 0.25) is 5.79 Å². The second-order valence-electron chi connectivity index (χ2n) is 6.66. The van der Waals surface area contributed by atoms with E-state index in [1.807, 2.05) is 13.8 Å². The van der Waals surface area contributed by atoms with Crippen molar-refractivity contribution >= 4 is 0 Å². The second kappa shape index (κ2) is 3.44. The van der Waals surface area contributed by atoms with Crippen molar-refractivity contribution in [2.24, 2.45) is 5.41 Å². The van der Waals surface area contributed by atoms with Gasteiger partial charge in [0.15, 0.2) is 0 Å². The smallest absolute Gasteiger partial charge is 0.209 e. The molecule has 0 amide bonds. The molecule has 2 atom stereocenters. The largest absolute Gasteiger partial charge is 0.508 e. The van der Waals surface area contributed by atoms with Crippen LogP contribution in [0.2, 0.25) is 0 Å². The summed E-state index contributed by atoms with van der Waals surface area (Å²) in [6.07, 6.45) is 0.827. The van der Waals surface area contributed by atoms with Gasteiger partial charge in [0.05, 0.1) is 6.61 Å². The molecule has 1 fully saturated rings. The van der Waals surface area contributed by atoms with E-state index >= 15 is 0 Å².